The van der Waals surface area contributed by atoms with Crippen molar-refractivity contribution in [2.75, 3.05) is 10.6 Å². The molecule has 1 aromatic heterocycles. The number of ether oxygens (including phenoxy) is 1. The van der Waals surface area contributed by atoms with Crippen LogP contribution in [0.5, 0.6) is 0 Å². The number of carboxylic acid groups (broad SMARTS) is 1. The van der Waals surface area contributed by atoms with Crippen molar-refractivity contribution in [3.8, 4) is 11.1 Å². The quantitative estimate of drug-likeness (QED) is 0.138. The van der Waals surface area contributed by atoms with Crippen molar-refractivity contribution in [1.82, 2.24) is 10.3 Å². The van der Waals surface area contributed by atoms with Crippen LogP contribution in [0, 0.1) is 18.7 Å². The van der Waals surface area contributed by atoms with Gasteiger partial charge in [-0.05, 0) is 99.8 Å². The Kier molecular flexibility index (Phi) is 11.1. The molecule has 0 radical (unpaired) electrons. The number of hydrogen-bond donors (Lipinski definition) is 4. The summed E-state index contributed by atoms with van der Waals surface area (Å²) in [7, 11) is 0. The third kappa shape index (κ3) is 10.0. The van der Waals surface area contributed by atoms with E-state index in [2.05, 4.69) is 26.1 Å². The van der Waals surface area contributed by atoms with Gasteiger partial charge < -0.3 is 20.0 Å². The van der Waals surface area contributed by atoms with E-state index in [1.54, 1.807) is 69.4 Å². The summed E-state index contributed by atoms with van der Waals surface area (Å²) in [5, 5.41) is 21.8. The van der Waals surface area contributed by atoms with Crippen LogP contribution in [0.15, 0.2) is 96.3 Å². The van der Waals surface area contributed by atoms with Gasteiger partial charge in [0.2, 0.25) is 0 Å². The topological polar surface area (TPSA) is 151 Å². The molecule has 264 valence electrons. The van der Waals surface area contributed by atoms with Gasteiger partial charge in [0.15, 0.2) is 5.76 Å². The maximum absolute atomic E-state index is 15.5. The highest BCUT2D eigenvalue weighted by molar-refractivity contribution is 6.02. The monoisotopic (exact) mass is 693 g/mol. The molecule has 0 saturated carbocycles. The second-order valence-corrected chi connectivity index (χ2v) is 13.3. The Morgan fingerprint density at radius 1 is 0.961 bits per heavy atom. The molecule has 3 aromatic carbocycles. The van der Waals surface area contributed by atoms with E-state index in [4.69, 9.17) is 9.57 Å². The van der Waals surface area contributed by atoms with Gasteiger partial charge in [-0.1, -0.05) is 48.0 Å². The number of carbonyl (C=O) groups excluding carboxylic acids is 2. The molecular weight excluding hydrogens is 653 g/mol. The lowest BCUT2D eigenvalue weighted by Gasteiger charge is -2.19. The molecule has 0 fully saturated rings. The van der Waals surface area contributed by atoms with Crippen molar-refractivity contribution in [3.63, 3.8) is 0 Å². The first-order valence-electron chi connectivity index (χ1n) is 16.4. The Labute approximate surface area is 295 Å². The first-order valence-corrected chi connectivity index (χ1v) is 16.4. The van der Waals surface area contributed by atoms with Crippen molar-refractivity contribution in [2.45, 2.75) is 59.1 Å². The van der Waals surface area contributed by atoms with E-state index in [0.717, 1.165) is 16.7 Å². The van der Waals surface area contributed by atoms with Gasteiger partial charge >= 0.3 is 18.1 Å². The highest BCUT2D eigenvalue weighted by Gasteiger charge is 2.24. The zero-order valence-electron chi connectivity index (χ0n) is 29.0. The lowest BCUT2D eigenvalue weighted by atomic mass is 9.93. The van der Waals surface area contributed by atoms with Crippen LogP contribution in [0.4, 0.5) is 25.5 Å². The zero-order valence-corrected chi connectivity index (χ0v) is 29.0. The number of carboxylic acids is 1. The third-order valence-corrected chi connectivity index (χ3v) is 7.92. The molecule has 11 nitrogen and oxygen atoms in total. The van der Waals surface area contributed by atoms with E-state index in [1.165, 1.54) is 12.1 Å². The fourth-order valence-electron chi connectivity index (χ4n) is 5.27. The Morgan fingerprint density at radius 3 is 2.27 bits per heavy atom. The van der Waals surface area contributed by atoms with E-state index in [-0.39, 0.29) is 23.7 Å². The van der Waals surface area contributed by atoms with Gasteiger partial charge in [0.05, 0.1) is 5.71 Å². The van der Waals surface area contributed by atoms with Crippen LogP contribution >= 0.6 is 0 Å². The average Bonchev–Trinajstić information content (AvgIpc) is 3.26. The number of aryl methyl sites for hydroxylation is 1. The molecule has 51 heavy (non-hydrogen) atoms. The maximum Gasteiger partial charge on any atom is 0.412 e. The molecule has 5 rings (SSSR count). The number of urea groups is 1. The fraction of sp³-hybridized carbons (Fsp3) is 0.256. The van der Waals surface area contributed by atoms with Gasteiger partial charge in [0.1, 0.15) is 23.3 Å². The lowest BCUT2D eigenvalue weighted by Crippen LogP contribution is -2.44. The molecule has 0 aliphatic carbocycles. The molecule has 2 unspecified atom stereocenters. The van der Waals surface area contributed by atoms with Crippen LogP contribution in [-0.2, 0) is 20.8 Å². The number of oxime groups is 1. The molecular formula is C39H40FN5O6. The van der Waals surface area contributed by atoms with Crippen LogP contribution in [0.2, 0.25) is 0 Å². The minimum atomic E-state index is -1.34. The predicted octanol–water partition coefficient (Wildman–Crippen LogP) is 8.16. The minimum Gasteiger partial charge on any atom is -0.480 e. The second-order valence-electron chi connectivity index (χ2n) is 13.3. The van der Waals surface area contributed by atoms with Crippen molar-refractivity contribution >= 4 is 41.1 Å². The van der Waals surface area contributed by atoms with Crippen molar-refractivity contribution in [1.29, 1.82) is 0 Å². The number of carbonyl (C=O) groups is 3. The number of aliphatic carboxylic acids is 1. The zero-order chi connectivity index (χ0) is 36.7. The summed E-state index contributed by atoms with van der Waals surface area (Å²) in [5.41, 5.74) is 4.58. The largest absolute Gasteiger partial charge is 0.480 e. The number of benzene rings is 3. The SMILES string of the molecule is Cc1ccc(-c2ccc(NC(=O)NC(Cc3ccc(C4=NOC(c5ccc(NC(=O)OC(C)(C)C)cc5)=CCC4C)c(F)c3)C(=O)O)nc2)cc1. The number of nitrogens with zero attached hydrogens (tertiary/aromatic N) is 2. The summed E-state index contributed by atoms with van der Waals surface area (Å²) in [6.07, 6.45) is 3.27. The third-order valence-electron chi connectivity index (χ3n) is 7.92. The summed E-state index contributed by atoms with van der Waals surface area (Å²) in [6.45, 7) is 9.24. The Bertz CT molecular complexity index is 1950. The summed E-state index contributed by atoms with van der Waals surface area (Å²) in [4.78, 5) is 46.8. The summed E-state index contributed by atoms with van der Waals surface area (Å²) < 4.78 is 20.8. The second kappa shape index (κ2) is 15.7. The number of pyridine rings is 1. The number of nitrogens with one attached hydrogen (secondary N) is 3. The molecule has 4 N–H and O–H groups in total. The van der Waals surface area contributed by atoms with Crippen molar-refractivity contribution < 1.29 is 33.5 Å². The number of aromatic nitrogens is 1. The van der Waals surface area contributed by atoms with Crippen LogP contribution in [-0.4, -0.2) is 45.5 Å². The average molecular weight is 694 g/mol. The summed E-state index contributed by atoms with van der Waals surface area (Å²) in [6, 6.07) is 20.6. The van der Waals surface area contributed by atoms with Gasteiger partial charge in [-0.2, -0.15) is 0 Å². The fourth-order valence-corrected chi connectivity index (χ4v) is 5.27. The number of amides is 3. The minimum absolute atomic E-state index is 0.164. The molecule has 2 heterocycles. The van der Waals surface area contributed by atoms with Crippen molar-refractivity contribution in [3.05, 3.63) is 119 Å². The predicted molar refractivity (Wildman–Crippen MR) is 194 cm³/mol. The molecule has 4 aromatic rings. The maximum atomic E-state index is 15.5. The van der Waals surface area contributed by atoms with Gasteiger partial charge in [-0.15, -0.1) is 0 Å². The van der Waals surface area contributed by atoms with Crippen LogP contribution in [0.1, 0.15) is 56.4 Å². The molecule has 0 saturated heterocycles. The number of halogens is 1. The Hall–Kier alpha value is -6.04. The van der Waals surface area contributed by atoms with E-state index in [0.29, 0.717) is 34.7 Å². The number of rotatable bonds is 9. The van der Waals surface area contributed by atoms with Crippen LogP contribution in [0.25, 0.3) is 16.9 Å². The number of anilines is 2. The molecule has 0 spiro atoms. The highest BCUT2D eigenvalue weighted by atomic mass is 19.1. The molecule has 1 aliphatic rings. The molecule has 0 bridgehead atoms. The van der Waals surface area contributed by atoms with Gasteiger partial charge in [0.25, 0.3) is 0 Å². The standard InChI is InChI=1S/C39H40FN5O6/c1-23-6-10-26(11-7-23)28-14-19-34(41-22-28)44-37(48)43-32(36(46)47)21-25-9-17-30(31(40)20-25)35-24(2)8-18-33(51-45-35)27-12-15-29(16-13-27)42-38(49)50-39(3,4)5/h6-7,9-20,22,24,32H,8,21H2,1-5H3,(H,42,49)(H,46,47)(H2,41,43,44,48). The number of allylic oxidation sites excluding steroid dienone is 1. The van der Waals surface area contributed by atoms with Gasteiger partial charge in [0, 0.05) is 40.9 Å². The molecule has 1 aliphatic heterocycles. The van der Waals surface area contributed by atoms with E-state index in [9.17, 15) is 19.5 Å². The molecule has 2 atom stereocenters. The van der Waals surface area contributed by atoms with E-state index in [1.807, 2.05) is 44.2 Å². The molecule has 12 heteroatoms. The van der Waals surface area contributed by atoms with E-state index >= 15 is 4.39 Å². The smallest absolute Gasteiger partial charge is 0.412 e. The Morgan fingerprint density at radius 2 is 1.65 bits per heavy atom. The first-order chi connectivity index (χ1) is 24.2. The van der Waals surface area contributed by atoms with Gasteiger partial charge in [-0.3, -0.25) is 10.6 Å². The summed E-state index contributed by atoms with van der Waals surface area (Å²) >= 11 is 0. The van der Waals surface area contributed by atoms with E-state index < -0.39 is 35.6 Å². The van der Waals surface area contributed by atoms with Crippen molar-refractivity contribution in [2.24, 2.45) is 11.1 Å². The normalized spacial score (nSPS) is 14.9. The molecule has 3 amide bonds. The van der Waals surface area contributed by atoms with Crippen LogP contribution < -0.4 is 16.0 Å². The summed E-state index contributed by atoms with van der Waals surface area (Å²) in [5.74, 6) is -1.36. The highest BCUT2D eigenvalue weighted by Crippen LogP contribution is 2.28. The first kappa shape index (κ1) is 36.2. The Balaban J connectivity index is 1.20. The van der Waals surface area contributed by atoms with Crippen LogP contribution in [0.3, 0.4) is 0 Å². The lowest BCUT2D eigenvalue weighted by molar-refractivity contribution is -0.139. The van der Waals surface area contributed by atoms with Gasteiger partial charge in [-0.25, -0.2) is 23.8 Å². The number of hydrogen-bond acceptors (Lipinski definition) is 7.